The first-order chi connectivity index (χ1) is 28.9. The molecular formula is C43H47N11O5. The Morgan fingerprint density at radius 1 is 0.932 bits per heavy atom. The number of rotatable bonds is 10. The number of anilines is 3. The first-order valence-electron chi connectivity index (χ1n) is 20.5. The molecule has 7 heterocycles. The fraction of sp³-hybridized carbons (Fsp3) is 0.419. The lowest BCUT2D eigenvalue weighted by molar-refractivity contribution is 0.0935. The third kappa shape index (κ3) is 7.77. The summed E-state index contributed by atoms with van der Waals surface area (Å²) in [7, 11) is 1.54. The van der Waals surface area contributed by atoms with Crippen LogP contribution in [-0.2, 0) is 9.59 Å². The molecule has 4 saturated heterocycles. The van der Waals surface area contributed by atoms with Crippen molar-refractivity contribution in [3.63, 3.8) is 0 Å². The van der Waals surface area contributed by atoms with E-state index in [1.165, 1.54) is 13.5 Å². The zero-order chi connectivity index (χ0) is 40.5. The van der Waals surface area contributed by atoms with Crippen LogP contribution in [0, 0.1) is 5.92 Å². The third-order valence-electron chi connectivity index (χ3n) is 12.2. The molecule has 0 radical (unpaired) electrons. The number of ether oxygens (including phenoxy) is 1. The molecule has 4 aliphatic rings. The van der Waals surface area contributed by atoms with Gasteiger partial charge in [-0.15, -0.1) is 10.2 Å². The molecule has 2 amide bonds. The molecule has 2 aromatic carbocycles. The second kappa shape index (κ2) is 16.4. The summed E-state index contributed by atoms with van der Waals surface area (Å²) in [6.07, 6.45) is 11.8. The molecule has 4 aliphatic heterocycles. The minimum Gasteiger partial charge on any atom is -0.496 e. The van der Waals surface area contributed by atoms with Crippen LogP contribution in [0.1, 0.15) is 71.7 Å². The van der Waals surface area contributed by atoms with Crippen LogP contribution in [0.5, 0.6) is 5.75 Å². The summed E-state index contributed by atoms with van der Waals surface area (Å²) in [5.74, 6) is 3.98. The van der Waals surface area contributed by atoms with Crippen LogP contribution in [-0.4, -0.2) is 112 Å². The van der Waals surface area contributed by atoms with E-state index in [2.05, 4.69) is 63.9 Å². The molecule has 9 rings (SSSR count). The van der Waals surface area contributed by atoms with Gasteiger partial charge in [-0.1, -0.05) is 0 Å². The fourth-order valence-corrected chi connectivity index (χ4v) is 8.97. The van der Waals surface area contributed by atoms with Crippen molar-refractivity contribution < 1.29 is 23.9 Å². The normalized spacial score (nSPS) is 19.2. The van der Waals surface area contributed by atoms with Gasteiger partial charge in [0.1, 0.15) is 35.4 Å². The first-order valence-corrected chi connectivity index (χ1v) is 20.5. The van der Waals surface area contributed by atoms with Crippen LogP contribution >= 0.6 is 0 Å². The zero-order valence-electron chi connectivity index (χ0n) is 33.0. The van der Waals surface area contributed by atoms with Crippen LogP contribution < -0.4 is 30.5 Å². The highest BCUT2D eigenvalue weighted by atomic mass is 16.5. The Labute approximate surface area is 340 Å². The Balaban J connectivity index is 0.805. The number of hydrogen-bond donors (Lipinski definition) is 3. The van der Waals surface area contributed by atoms with Gasteiger partial charge < -0.3 is 35.4 Å². The van der Waals surface area contributed by atoms with Gasteiger partial charge in [-0.2, -0.15) is 5.10 Å². The van der Waals surface area contributed by atoms with E-state index in [1.807, 2.05) is 24.4 Å². The van der Waals surface area contributed by atoms with E-state index in [1.54, 1.807) is 34.7 Å². The quantitative estimate of drug-likeness (QED) is 0.174. The van der Waals surface area contributed by atoms with Crippen LogP contribution in [0.25, 0.3) is 16.6 Å². The highest BCUT2D eigenvalue weighted by Gasteiger charge is 2.32. The van der Waals surface area contributed by atoms with Crippen molar-refractivity contribution >= 4 is 57.3 Å². The lowest BCUT2D eigenvalue weighted by atomic mass is 9.96. The molecule has 304 valence electrons. The van der Waals surface area contributed by atoms with E-state index in [0.29, 0.717) is 47.3 Å². The van der Waals surface area contributed by atoms with Crippen LogP contribution in [0.15, 0.2) is 72.6 Å². The Morgan fingerprint density at radius 2 is 1.76 bits per heavy atom. The molecular weight excluding hydrogens is 751 g/mol. The van der Waals surface area contributed by atoms with Gasteiger partial charge in [-0.25, -0.2) is 9.59 Å². The second-order valence-corrected chi connectivity index (χ2v) is 16.0. The van der Waals surface area contributed by atoms with E-state index >= 15 is 0 Å². The number of nitrogens with one attached hydrogen (secondary N) is 3. The maximum absolute atomic E-state index is 13.6. The molecule has 3 N–H and O–H groups in total. The SMILES string of the molecule is COc1cc(N2CC(CN3CCC(n4cc5cc(NC(=O)c6cccn7cnnc67)c(N6CCCCC6)cc5n4)CC3)C2)ccc1C(=O)N[C@H]1CCC(=C=O)NC1=C=O. The predicted molar refractivity (Wildman–Crippen MR) is 222 cm³/mol. The van der Waals surface area contributed by atoms with E-state index in [4.69, 9.17) is 9.84 Å². The molecule has 3 aromatic heterocycles. The second-order valence-electron chi connectivity index (χ2n) is 16.0. The molecule has 5 aromatic rings. The molecule has 1 atom stereocenters. The van der Waals surface area contributed by atoms with Crippen molar-refractivity contribution in [2.45, 2.75) is 57.0 Å². The van der Waals surface area contributed by atoms with Crippen LogP contribution in [0.3, 0.4) is 0 Å². The number of allylic oxidation sites excluding steroid dienone is 1. The number of benzene rings is 2. The molecule has 59 heavy (non-hydrogen) atoms. The Bertz CT molecular complexity index is 2500. The van der Waals surface area contributed by atoms with E-state index in [-0.39, 0.29) is 23.2 Å². The number of aromatic nitrogens is 5. The highest BCUT2D eigenvalue weighted by Crippen LogP contribution is 2.36. The average molecular weight is 798 g/mol. The van der Waals surface area contributed by atoms with E-state index in [9.17, 15) is 19.2 Å². The number of amides is 2. The number of nitrogens with zero attached hydrogens (tertiary/aromatic N) is 8. The maximum Gasteiger partial charge on any atom is 0.259 e. The number of carbonyl (C=O) groups excluding carboxylic acids is 4. The Hall–Kier alpha value is -6.47. The van der Waals surface area contributed by atoms with Crippen LogP contribution in [0.4, 0.5) is 17.1 Å². The number of hydrogen-bond acceptors (Lipinski definition) is 12. The van der Waals surface area contributed by atoms with Gasteiger partial charge in [0.15, 0.2) is 5.65 Å². The van der Waals surface area contributed by atoms with Crippen molar-refractivity contribution in [1.82, 2.24) is 39.9 Å². The minimum atomic E-state index is -0.581. The minimum absolute atomic E-state index is 0.114. The van der Waals surface area contributed by atoms with Gasteiger partial charge in [-0.05, 0) is 74.9 Å². The molecule has 0 aliphatic carbocycles. The van der Waals surface area contributed by atoms with Gasteiger partial charge in [0.25, 0.3) is 11.8 Å². The molecule has 0 bridgehead atoms. The predicted octanol–water partition coefficient (Wildman–Crippen LogP) is 4.02. The lowest BCUT2D eigenvalue weighted by Gasteiger charge is -2.44. The molecule has 0 saturated carbocycles. The number of piperidine rings is 3. The summed E-state index contributed by atoms with van der Waals surface area (Å²) < 4.78 is 9.50. The number of likely N-dealkylation sites (tertiary alicyclic amines) is 1. The van der Waals surface area contributed by atoms with Crippen molar-refractivity contribution in [3.8, 4) is 5.75 Å². The maximum atomic E-state index is 13.6. The van der Waals surface area contributed by atoms with Gasteiger partial charge >= 0.3 is 0 Å². The number of fused-ring (bicyclic) bond motifs is 2. The van der Waals surface area contributed by atoms with Gasteiger partial charge in [0.2, 0.25) is 0 Å². The van der Waals surface area contributed by atoms with Crippen molar-refractivity contribution in [2.24, 2.45) is 5.92 Å². The number of carbonyl (C=O) groups is 2. The summed E-state index contributed by atoms with van der Waals surface area (Å²) in [6.45, 7) is 6.73. The summed E-state index contributed by atoms with van der Waals surface area (Å²) in [6, 6.07) is 13.1. The monoisotopic (exact) mass is 797 g/mol. The van der Waals surface area contributed by atoms with Gasteiger partial charge in [0, 0.05) is 87.7 Å². The van der Waals surface area contributed by atoms with Gasteiger partial charge in [-0.3, -0.25) is 18.7 Å². The fourth-order valence-electron chi connectivity index (χ4n) is 8.97. The molecule has 16 nitrogen and oxygen atoms in total. The largest absolute Gasteiger partial charge is 0.496 e. The summed E-state index contributed by atoms with van der Waals surface area (Å²) in [5.41, 5.74) is 5.46. The Kier molecular flexibility index (Phi) is 10.6. The first kappa shape index (κ1) is 38.1. The lowest BCUT2D eigenvalue weighted by Crippen LogP contribution is -2.52. The zero-order valence-corrected chi connectivity index (χ0v) is 33.0. The van der Waals surface area contributed by atoms with E-state index < -0.39 is 6.04 Å². The highest BCUT2D eigenvalue weighted by molar-refractivity contribution is 6.10. The van der Waals surface area contributed by atoms with Crippen LogP contribution in [0.2, 0.25) is 0 Å². The topological polar surface area (TPSA) is 171 Å². The van der Waals surface area contributed by atoms with Crippen molar-refractivity contribution in [1.29, 1.82) is 0 Å². The molecule has 16 heteroatoms. The third-order valence-corrected chi connectivity index (χ3v) is 12.2. The van der Waals surface area contributed by atoms with Crippen molar-refractivity contribution in [3.05, 3.63) is 83.7 Å². The van der Waals surface area contributed by atoms with Gasteiger partial charge in [0.05, 0.1) is 47.2 Å². The summed E-state index contributed by atoms with van der Waals surface area (Å²) >= 11 is 0. The Morgan fingerprint density at radius 3 is 2.54 bits per heavy atom. The van der Waals surface area contributed by atoms with Crippen molar-refractivity contribution in [2.75, 3.05) is 68.0 Å². The molecule has 4 fully saturated rings. The molecule has 0 spiro atoms. The summed E-state index contributed by atoms with van der Waals surface area (Å²) in [4.78, 5) is 56.5. The number of methoxy groups -OCH3 is 1. The number of pyridine rings is 1. The van der Waals surface area contributed by atoms with E-state index in [0.717, 1.165) is 99.5 Å². The standard InChI is InChI=1S/C43H47N11O5/c1-59-40-19-32(8-9-33(40)42(57)46-35-10-7-30(25-55)45-38(35)26-56)53-22-28(23-53)21-50-16-11-31(12-17-50)54-24-29-18-37(39(20-36(29)49-54)51-13-3-2-4-14-51)47-43(58)34-6-5-15-52-27-44-48-41(34)52/h5-6,8-9,15,18-20,24,27-28,31,35,45H,2-4,7,10-14,16-17,21-23H2,1H3,(H,46,57)(H,47,58)/t35-/m0/s1. The average Bonchev–Trinajstić information content (AvgIpc) is 3.92. The molecule has 0 unspecified atom stereocenters. The smallest absolute Gasteiger partial charge is 0.259 e. The summed E-state index contributed by atoms with van der Waals surface area (Å²) in [5, 5.41) is 23.0.